The molecule has 3 heterocycles. The molecular weight excluding hydrogens is 579 g/mol. The van der Waals surface area contributed by atoms with Gasteiger partial charge in [-0.05, 0) is 49.2 Å². The molecule has 3 N–H and O–H groups in total. The van der Waals surface area contributed by atoms with Crippen LogP contribution in [-0.4, -0.2) is 74.7 Å². The fourth-order valence-electron chi connectivity index (χ4n) is 4.74. The first-order valence-corrected chi connectivity index (χ1v) is 14.1. The number of hydrogen-bond donors (Lipinski definition) is 3. The van der Waals surface area contributed by atoms with Gasteiger partial charge in [0.25, 0.3) is 11.8 Å². The van der Waals surface area contributed by atoms with Crippen LogP contribution in [0.1, 0.15) is 33.7 Å². The van der Waals surface area contributed by atoms with E-state index in [1.54, 1.807) is 36.5 Å². The Morgan fingerprint density at radius 3 is 2.40 bits per heavy atom. The number of pyridine rings is 1. The summed E-state index contributed by atoms with van der Waals surface area (Å²) in [6.07, 6.45) is 3.30. The molecule has 1 aliphatic heterocycles. The molecule has 0 radical (unpaired) electrons. The van der Waals surface area contributed by atoms with Gasteiger partial charge in [0.15, 0.2) is 5.69 Å². The first-order chi connectivity index (χ1) is 20.3. The largest absolute Gasteiger partial charge is 0.388 e. The number of carbonyl (C=O) groups is 3. The Bertz CT molecular complexity index is 1590. The van der Waals surface area contributed by atoms with E-state index in [-0.39, 0.29) is 28.6 Å². The summed E-state index contributed by atoms with van der Waals surface area (Å²) >= 11 is 12.8. The van der Waals surface area contributed by atoms with Crippen molar-refractivity contribution in [3.8, 4) is 16.9 Å². The van der Waals surface area contributed by atoms with Gasteiger partial charge in [0.2, 0.25) is 0 Å². The van der Waals surface area contributed by atoms with Gasteiger partial charge in [-0.2, -0.15) is 5.10 Å². The molecule has 0 spiro atoms. The monoisotopic (exact) mass is 606 g/mol. The predicted octanol–water partition coefficient (Wildman–Crippen LogP) is 4.25. The number of benzene rings is 2. The highest BCUT2D eigenvalue weighted by molar-refractivity contribution is 6.38. The number of aliphatic hydroxyl groups is 1. The van der Waals surface area contributed by atoms with Crippen molar-refractivity contribution < 1.29 is 19.5 Å². The van der Waals surface area contributed by atoms with Crippen molar-refractivity contribution in [1.29, 1.82) is 0 Å². The zero-order valence-corrected chi connectivity index (χ0v) is 24.0. The van der Waals surface area contributed by atoms with Gasteiger partial charge < -0.3 is 20.5 Å². The summed E-state index contributed by atoms with van der Waals surface area (Å²) in [6, 6.07) is 18.9. The molecule has 1 saturated heterocycles. The summed E-state index contributed by atoms with van der Waals surface area (Å²) in [6.45, 7) is 1.45. The number of halogens is 2. The Morgan fingerprint density at radius 1 is 0.976 bits per heavy atom. The standard InChI is InChI=1S/C30H28Cl2N6O4/c31-23-17-24(32)22(16-21(23)25-8-4-5-11-33-25)28(40)35-27-18-26(36-38(27)20-6-2-1-3-7-20)29(41)34-19-30(42)9-12-37(13-10-30)14-15-39/h1-8,11,15-18,42H,9-10,12-14,19H2,(H,34,41)(H,35,40). The van der Waals surface area contributed by atoms with Gasteiger partial charge in [-0.3, -0.25) is 19.5 Å². The van der Waals surface area contributed by atoms with Crippen LogP contribution >= 0.6 is 23.2 Å². The number of nitrogens with one attached hydrogen (secondary N) is 2. The van der Waals surface area contributed by atoms with Crippen LogP contribution in [0.3, 0.4) is 0 Å². The van der Waals surface area contributed by atoms with Crippen molar-refractivity contribution in [3.63, 3.8) is 0 Å². The Balaban J connectivity index is 1.37. The van der Waals surface area contributed by atoms with Crippen molar-refractivity contribution in [2.75, 3.05) is 31.5 Å². The minimum atomic E-state index is -1.09. The van der Waals surface area contributed by atoms with Crippen molar-refractivity contribution in [3.05, 3.63) is 94.2 Å². The van der Waals surface area contributed by atoms with Gasteiger partial charge in [0.1, 0.15) is 12.1 Å². The molecular formula is C30H28Cl2N6O4. The number of rotatable bonds is 9. The van der Waals surface area contributed by atoms with E-state index in [2.05, 4.69) is 20.7 Å². The lowest BCUT2D eigenvalue weighted by molar-refractivity contribution is -0.110. The molecule has 0 saturated carbocycles. The molecule has 2 aromatic heterocycles. The van der Waals surface area contributed by atoms with Crippen LogP contribution in [0.2, 0.25) is 10.0 Å². The first kappa shape index (κ1) is 29.4. The second-order valence-electron chi connectivity index (χ2n) is 10.0. The number of aldehydes is 1. The van der Waals surface area contributed by atoms with Gasteiger partial charge in [-0.15, -0.1) is 0 Å². The lowest BCUT2D eigenvalue weighted by Gasteiger charge is -2.37. The highest BCUT2D eigenvalue weighted by atomic mass is 35.5. The predicted molar refractivity (Wildman–Crippen MR) is 160 cm³/mol. The second kappa shape index (κ2) is 12.8. The highest BCUT2D eigenvalue weighted by Gasteiger charge is 2.33. The third-order valence-corrected chi connectivity index (χ3v) is 7.75. The molecule has 0 aliphatic carbocycles. The van der Waals surface area contributed by atoms with Crippen LogP contribution in [0, 0.1) is 0 Å². The molecule has 2 amide bonds. The van der Waals surface area contributed by atoms with Crippen LogP contribution in [0.4, 0.5) is 5.82 Å². The fourth-order valence-corrected chi connectivity index (χ4v) is 5.31. The van der Waals surface area contributed by atoms with E-state index < -0.39 is 17.4 Å². The smallest absolute Gasteiger partial charge is 0.271 e. The van der Waals surface area contributed by atoms with Crippen molar-refractivity contribution >= 4 is 47.1 Å². The molecule has 0 atom stereocenters. The fraction of sp³-hybridized carbons (Fsp3) is 0.233. The number of carbonyl (C=O) groups excluding carboxylic acids is 3. The van der Waals surface area contributed by atoms with E-state index in [1.807, 2.05) is 29.2 Å². The molecule has 0 bridgehead atoms. The highest BCUT2D eigenvalue weighted by Crippen LogP contribution is 2.32. The molecule has 10 nitrogen and oxygen atoms in total. The number of likely N-dealkylation sites (tertiary alicyclic amines) is 1. The Labute approximate surface area is 252 Å². The normalized spacial score (nSPS) is 14.7. The maximum absolute atomic E-state index is 13.5. The number of anilines is 1. The first-order valence-electron chi connectivity index (χ1n) is 13.3. The van der Waals surface area contributed by atoms with E-state index >= 15 is 0 Å². The summed E-state index contributed by atoms with van der Waals surface area (Å²) in [5.74, 6) is -0.803. The number of para-hydroxylation sites is 1. The number of aromatic nitrogens is 3. The molecule has 0 unspecified atom stereocenters. The van der Waals surface area contributed by atoms with Crippen LogP contribution in [0.15, 0.2) is 72.9 Å². The molecule has 2 aromatic carbocycles. The zero-order valence-electron chi connectivity index (χ0n) is 22.5. The summed E-state index contributed by atoms with van der Waals surface area (Å²) in [7, 11) is 0. The minimum absolute atomic E-state index is 0.0251. The average molecular weight is 607 g/mol. The van der Waals surface area contributed by atoms with Gasteiger partial charge in [-0.25, -0.2) is 4.68 Å². The average Bonchev–Trinajstić information content (AvgIpc) is 3.42. The Kier molecular flexibility index (Phi) is 8.98. The Hall–Kier alpha value is -4.09. The molecule has 1 fully saturated rings. The van der Waals surface area contributed by atoms with Gasteiger partial charge >= 0.3 is 0 Å². The van der Waals surface area contributed by atoms with Crippen LogP contribution in [-0.2, 0) is 4.79 Å². The van der Waals surface area contributed by atoms with Crippen molar-refractivity contribution in [1.82, 2.24) is 25.0 Å². The van der Waals surface area contributed by atoms with Crippen LogP contribution in [0.25, 0.3) is 16.9 Å². The molecule has 4 aromatic rings. The molecule has 1 aliphatic rings. The summed E-state index contributed by atoms with van der Waals surface area (Å²) in [5, 5.41) is 21.5. The second-order valence-corrected chi connectivity index (χ2v) is 10.8. The Morgan fingerprint density at radius 2 is 1.71 bits per heavy atom. The van der Waals surface area contributed by atoms with Crippen molar-refractivity contribution in [2.24, 2.45) is 0 Å². The number of piperidine rings is 1. The minimum Gasteiger partial charge on any atom is -0.388 e. The lowest BCUT2D eigenvalue weighted by Crippen LogP contribution is -2.51. The van der Waals surface area contributed by atoms with Gasteiger partial charge in [-0.1, -0.05) is 47.5 Å². The number of hydrogen-bond acceptors (Lipinski definition) is 7. The van der Waals surface area contributed by atoms with E-state index in [1.165, 1.54) is 16.8 Å². The maximum atomic E-state index is 13.5. The van der Waals surface area contributed by atoms with Crippen molar-refractivity contribution in [2.45, 2.75) is 18.4 Å². The molecule has 42 heavy (non-hydrogen) atoms. The third-order valence-electron chi connectivity index (χ3n) is 7.12. The summed E-state index contributed by atoms with van der Waals surface area (Å²) < 4.78 is 1.45. The quantitative estimate of drug-likeness (QED) is 0.243. The third kappa shape index (κ3) is 6.69. The number of amides is 2. The lowest BCUT2D eigenvalue weighted by atomic mass is 9.91. The zero-order chi connectivity index (χ0) is 29.7. The summed E-state index contributed by atoms with van der Waals surface area (Å²) in [4.78, 5) is 43.7. The topological polar surface area (TPSA) is 129 Å². The van der Waals surface area contributed by atoms with Crippen LogP contribution < -0.4 is 10.6 Å². The summed E-state index contributed by atoms with van der Waals surface area (Å²) in [5.41, 5.74) is 0.856. The van der Waals surface area contributed by atoms with Crippen LogP contribution in [0.5, 0.6) is 0 Å². The molecule has 5 rings (SSSR count). The van der Waals surface area contributed by atoms with E-state index in [0.717, 1.165) is 6.29 Å². The van der Waals surface area contributed by atoms with E-state index in [9.17, 15) is 19.5 Å². The van der Waals surface area contributed by atoms with E-state index in [4.69, 9.17) is 23.2 Å². The van der Waals surface area contributed by atoms with Gasteiger partial charge in [0, 0.05) is 37.5 Å². The molecule has 216 valence electrons. The molecule has 12 heteroatoms. The van der Waals surface area contributed by atoms with E-state index in [0.29, 0.717) is 54.4 Å². The number of nitrogens with zero attached hydrogens (tertiary/aromatic N) is 4. The maximum Gasteiger partial charge on any atom is 0.271 e. The van der Waals surface area contributed by atoms with Gasteiger partial charge in [0.05, 0.1) is 39.1 Å². The SMILES string of the molecule is O=CCN1CCC(O)(CNC(=O)c2cc(NC(=O)c3cc(-c4ccccn4)c(Cl)cc3Cl)n(-c3ccccc3)n2)CC1.